The fourth-order valence-corrected chi connectivity index (χ4v) is 2.16. The van der Waals surface area contributed by atoms with Crippen LogP contribution in [0, 0.1) is 12.7 Å². The second-order valence-electron chi connectivity index (χ2n) is 5.24. The van der Waals surface area contributed by atoms with Gasteiger partial charge in [0.15, 0.2) is 11.6 Å². The van der Waals surface area contributed by atoms with Crippen LogP contribution in [0.3, 0.4) is 0 Å². The highest BCUT2D eigenvalue weighted by molar-refractivity contribution is 6.31. The average molecular weight is 308 g/mol. The second-order valence-corrected chi connectivity index (χ2v) is 5.65. The molecule has 0 heterocycles. The zero-order valence-electron chi connectivity index (χ0n) is 12.4. The monoisotopic (exact) mass is 307 g/mol. The highest BCUT2D eigenvalue weighted by Crippen LogP contribution is 2.32. The molecular formula is C17H19ClFNO. The molecule has 2 rings (SSSR count). The summed E-state index contributed by atoms with van der Waals surface area (Å²) < 4.78 is 19.8. The van der Waals surface area contributed by atoms with Crippen LogP contribution in [-0.2, 0) is 6.54 Å². The predicted molar refractivity (Wildman–Crippen MR) is 84.6 cm³/mol. The van der Waals surface area contributed by atoms with Crippen LogP contribution in [0.15, 0.2) is 36.4 Å². The molecule has 0 aliphatic heterocycles. The van der Waals surface area contributed by atoms with Gasteiger partial charge in [0.25, 0.3) is 0 Å². The highest BCUT2D eigenvalue weighted by Gasteiger charge is 2.12. The minimum absolute atomic E-state index is 0.211. The van der Waals surface area contributed by atoms with Crippen molar-refractivity contribution >= 4 is 11.6 Å². The predicted octanol–water partition coefficient (Wildman–Crippen LogP) is 5.08. The summed E-state index contributed by atoms with van der Waals surface area (Å²) in [6.07, 6.45) is 0. The number of rotatable bonds is 5. The number of benzene rings is 2. The van der Waals surface area contributed by atoms with E-state index in [4.69, 9.17) is 16.3 Å². The van der Waals surface area contributed by atoms with Crippen molar-refractivity contribution < 1.29 is 9.13 Å². The molecule has 0 aliphatic rings. The lowest BCUT2D eigenvalue weighted by Gasteiger charge is -2.15. The molecule has 2 aromatic rings. The largest absolute Gasteiger partial charge is 0.454 e. The van der Waals surface area contributed by atoms with Gasteiger partial charge >= 0.3 is 0 Å². The summed E-state index contributed by atoms with van der Waals surface area (Å²) in [6, 6.07) is 10.8. The van der Waals surface area contributed by atoms with Crippen molar-refractivity contribution in [1.82, 2.24) is 5.32 Å². The van der Waals surface area contributed by atoms with Crippen molar-refractivity contribution in [1.29, 1.82) is 0 Å². The van der Waals surface area contributed by atoms with Crippen LogP contribution >= 0.6 is 11.6 Å². The van der Waals surface area contributed by atoms with E-state index in [1.807, 2.05) is 0 Å². The standard InChI is InChI=1S/C17H19ClFNO/c1-11(2)20-10-13-14(18)7-5-8-15(13)21-16-9-4-6-12(3)17(16)19/h4-9,11,20H,10H2,1-3H3. The third-order valence-corrected chi connectivity index (χ3v) is 3.49. The highest BCUT2D eigenvalue weighted by atomic mass is 35.5. The molecule has 0 aromatic heterocycles. The van der Waals surface area contributed by atoms with Crippen molar-refractivity contribution in [2.45, 2.75) is 33.4 Å². The van der Waals surface area contributed by atoms with E-state index in [2.05, 4.69) is 19.2 Å². The first-order valence-electron chi connectivity index (χ1n) is 6.92. The number of hydrogen-bond donors (Lipinski definition) is 1. The molecule has 2 nitrogen and oxygen atoms in total. The minimum atomic E-state index is -0.347. The van der Waals surface area contributed by atoms with E-state index in [0.717, 1.165) is 5.56 Å². The van der Waals surface area contributed by atoms with Gasteiger partial charge in [0.05, 0.1) is 0 Å². The Bertz CT molecular complexity index is 628. The van der Waals surface area contributed by atoms with Gasteiger partial charge in [0, 0.05) is 23.2 Å². The fourth-order valence-electron chi connectivity index (χ4n) is 1.93. The third kappa shape index (κ3) is 3.96. The lowest BCUT2D eigenvalue weighted by Crippen LogP contribution is -2.22. The zero-order chi connectivity index (χ0) is 15.4. The van der Waals surface area contributed by atoms with E-state index in [0.29, 0.717) is 28.9 Å². The Hall–Kier alpha value is -1.58. The zero-order valence-corrected chi connectivity index (χ0v) is 13.2. The van der Waals surface area contributed by atoms with Gasteiger partial charge in [-0.3, -0.25) is 0 Å². The Kier molecular flexibility index (Phi) is 5.21. The van der Waals surface area contributed by atoms with Gasteiger partial charge in [-0.25, -0.2) is 4.39 Å². The van der Waals surface area contributed by atoms with Gasteiger partial charge in [-0.2, -0.15) is 0 Å². The van der Waals surface area contributed by atoms with E-state index < -0.39 is 0 Å². The molecular weight excluding hydrogens is 289 g/mol. The van der Waals surface area contributed by atoms with Crippen LogP contribution in [-0.4, -0.2) is 6.04 Å². The molecule has 0 aliphatic carbocycles. The van der Waals surface area contributed by atoms with E-state index in [1.165, 1.54) is 0 Å². The summed E-state index contributed by atoms with van der Waals surface area (Å²) in [5.74, 6) is 0.434. The van der Waals surface area contributed by atoms with Gasteiger partial charge in [0.2, 0.25) is 0 Å². The number of nitrogens with one attached hydrogen (secondary N) is 1. The van der Waals surface area contributed by atoms with Crippen molar-refractivity contribution in [2.24, 2.45) is 0 Å². The minimum Gasteiger partial charge on any atom is -0.454 e. The van der Waals surface area contributed by atoms with Crippen LogP contribution in [0.2, 0.25) is 5.02 Å². The number of halogens is 2. The van der Waals surface area contributed by atoms with E-state index >= 15 is 0 Å². The van der Waals surface area contributed by atoms with Crippen LogP contribution < -0.4 is 10.1 Å². The maximum absolute atomic E-state index is 14.1. The molecule has 1 N–H and O–H groups in total. The number of hydrogen-bond acceptors (Lipinski definition) is 2. The summed E-state index contributed by atoms with van der Waals surface area (Å²) in [5.41, 5.74) is 1.38. The SMILES string of the molecule is Cc1cccc(Oc2cccc(Cl)c2CNC(C)C)c1F. The molecule has 0 spiro atoms. The summed E-state index contributed by atoms with van der Waals surface area (Å²) >= 11 is 6.24. The molecule has 0 atom stereocenters. The van der Waals surface area contributed by atoms with Crippen LogP contribution in [0.1, 0.15) is 25.0 Å². The molecule has 0 amide bonds. The van der Waals surface area contributed by atoms with Crippen LogP contribution in [0.5, 0.6) is 11.5 Å². The molecule has 4 heteroatoms. The average Bonchev–Trinajstić information content (AvgIpc) is 2.43. The van der Waals surface area contributed by atoms with E-state index in [1.54, 1.807) is 43.3 Å². The lowest BCUT2D eigenvalue weighted by atomic mass is 10.1. The van der Waals surface area contributed by atoms with Gasteiger partial charge in [0.1, 0.15) is 5.75 Å². The first kappa shape index (κ1) is 15.8. The van der Waals surface area contributed by atoms with Crippen LogP contribution in [0.25, 0.3) is 0 Å². The summed E-state index contributed by atoms with van der Waals surface area (Å²) in [6.45, 7) is 6.39. The molecule has 0 radical (unpaired) electrons. The van der Waals surface area contributed by atoms with E-state index in [-0.39, 0.29) is 11.6 Å². The van der Waals surface area contributed by atoms with E-state index in [9.17, 15) is 4.39 Å². The molecule has 21 heavy (non-hydrogen) atoms. The van der Waals surface area contributed by atoms with Gasteiger partial charge in [-0.1, -0.05) is 43.6 Å². The number of aryl methyl sites for hydroxylation is 1. The van der Waals surface area contributed by atoms with Gasteiger partial charge in [-0.05, 0) is 30.7 Å². The van der Waals surface area contributed by atoms with Gasteiger partial charge < -0.3 is 10.1 Å². The normalized spacial score (nSPS) is 11.0. The van der Waals surface area contributed by atoms with Crippen molar-refractivity contribution in [3.63, 3.8) is 0 Å². The Morgan fingerprint density at radius 3 is 2.52 bits per heavy atom. The third-order valence-electron chi connectivity index (χ3n) is 3.14. The number of ether oxygens (including phenoxy) is 1. The molecule has 2 aromatic carbocycles. The topological polar surface area (TPSA) is 21.3 Å². The van der Waals surface area contributed by atoms with Crippen LogP contribution in [0.4, 0.5) is 4.39 Å². The summed E-state index contributed by atoms with van der Waals surface area (Å²) in [4.78, 5) is 0. The molecule has 0 fully saturated rings. The Labute approximate surface area is 129 Å². The van der Waals surface area contributed by atoms with Gasteiger partial charge in [-0.15, -0.1) is 0 Å². The molecule has 0 unspecified atom stereocenters. The first-order chi connectivity index (χ1) is 9.99. The Balaban J connectivity index is 2.31. The Morgan fingerprint density at radius 2 is 1.81 bits per heavy atom. The maximum atomic E-state index is 14.1. The quantitative estimate of drug-likeness (QED) is 0.832. The Morgan fingerprint density at radius 1 is 1.14 bits per heavy atom. The van der Waals surface area contributed by atoms with Crippen molar-refractivity contribution in [3.05, 3.63) is 58.4 Å². The molecule has 0 saturated carbocycles. The first-order valence-corrected chi connectivity index (χ1v) is 7.30. The van der Waals surface area contributed by atoms with Crippen molar-refractivity contribution in [2.75, 3.05) is 0 Å². The lowest BCUT2D eigenvalue weighted by molar-refractivity contribution is 0.432. The molecule has 112 valence electrons. The summed E-state index contributed by atoms with van der Waals surface area (Å²) in [5, 5.41) is 3.90. The molecule has 0 bridgehead atoms. The second kappa shape index (κ2) is 6.92. The summed E-state index contributed by atoms with van der Waals surface area (Å²) in [7, 11) is 0. The smallest absolute Gasteiger partial charge is 0.168 e. The fraction of sp³-hybridized carbons (Fsp3) is 0.294. The van der Waals surface area contributed by atoms with Crippen molar-refractivity contribution in [3.8, 4) is 11.5 Å². The molecule has 0 saturated heterocycles. The maximum Gasteiger partial charge on any atom is 0.168 e.